The van der Waals surface area contributed by atoms with Gasteiger partial charge in [-0.3, -0.25) is 4.90 Å². The lowest BCUT2D eigenvalue weighted by atomic mass is 9.64. The fraction of sp³-hybridized carbons (Fsp3) is 0.421. The summed E-state index contributed by atoms with van der Waals surface area (Å²) in [6, 6.07) is 9.44. The molecule has 0 radical (unpaired) electrons. The van der Waals surface area contributed by atoms with E-state index in [4.69, 9.17) is 0 Å². The van der Waals surface area contributed by atoms with Crippen molar-refractivity contribution in [1.29, 1.82) is 0 Å². The first kappa shape index (κ1) is 12.7. The van der Waals surface area contributed by atoms with E-state index < -0.39 is 0 Å². The predicted octanol–water partition coefficient (Wildman–Crippen LogP) is 3.23. The van der Waals surface area contributed by atoms with Gasteiger partial charge in [0.1, 0.15) is 6.29 Å². The Balaban J connectivity index is 1.70. The molecule has 3 saturated heterocycles. The lowest BCUT2D eigenvalue weighted by molar-refractivity contribution is -0.121. The second-order valence-electron chi connectivity index (χ2n) is 6.94. The smallest absolute Gasteiger partial charge is 0.125 e. The van der Waals surface area contributed by atoms with E-state index in [9.17, 15) is 4.79 Å². The van der Waals surface area contributed by atoms with Gasteiger partial charge in [-0.1, -0.05) is 29.8 Å². The van der Waals surface area contributed by atoms with Crippen molar-refractivity contribution in [2.24, 2.45) is 11.8 Å². The minimum Gasteiger partial charge on any atom is -0.357 e. The van der Waals surface area contributed by atoms with Gasteiger partial charge in [-0.05, 0) is 37.3 Å². The van der Waals surface area contributed by atoms with Crippen LogP contribution in [0.4, 0.5) is 0 Å². The number of benzene rings is 1. The highest BCUT2D eigenvalue weighted by Crippen LogP contribution is 2.53. The quantitative estimate of drug-likeness (QED) is 0.647. The maximum atomic E-state index is 11.8. The molecule has 0 amide bonds. The van der Waals surface area contributed by atoms with Gasteiger partial charge in [0.05, 0.1) is 6.04 Å². The number of para-hydroxylation sites is 1. The van der Waals surface area contributed by atoms with Crippen LogP contribution in [0.25, 0.3) is 10.9 Å². The molecule has 3 fully saturated rings. The molecule has 0 aliphatic carbocycles. The summed E-state index contributed by atoms with van der Waals surface area (Å²) in [7, 11) is 0. The average Bonchev–Trinajstić information content (AvgIpc) is 2.93. The lowest BCUT2D eigenvalue weighted by Gasteiger charge is -2.57. The van der Waals surface area contributed by atoms with Crippen LogP contribution in [-0.4, -0.2) is 28.8 Å². The van der Waals surface area contributed by atoms with Gasteiger partial charge < -0.3 is 9.78 Å². The molecule has 1 N–H and O–H groups in total. The number of carbonyl (C=O) groups excluding carboxylic acids is 1. The normalized spacial score (nSPS) is 37.5. The fourth-order valence-electron chi connectivity index (χ4n) is 5.17. The molecule has 0 spiro atoms. The Hall–Kier alpha value is -1.87. The van der Waals surface area contributed by atoms with Gasteiger partial charge in [-0.2, -0.15) is 0 Å². The minimum atomic E-state index is 0.165. The molecule has 3 nitrogen and oxygen atoms in total. The van der Waals surface area contributed by atoms with Gasteiger partial charge in [0.2, 0.25) is 0 Å². The monoisotopic (exact) mass is 292 g/mol. The van der Waals surface area contributed by atoms with Gasteiger partial charge in [0.15, 0.2) is 0 Å². The van der Waals surface area contributed by atoms with Gasteiger partial charge in [0.25, 0.3) is 0 Å². The molecule has 1 unspecified atom stereocenters. The van der Waals surface area contributed by atoms with E-state index in [1.54, 1.807) is 0 Å². The number of rotatable bonds is 1. The summed E-state index contributed by atoms with van der Waals surface area (Å²) >= 11 is 0. The number of fused-ring (bicyclic) bond motifs is 4. The molecular weight excluding hydrogens is 272 g/mol. The van der Waals surface area contributed by atoms with Crippen LogP contribution in [0.1, 0.15) is 30.6 Å². The van der Waals surface area contributed by atoms with Crippen molar-refractivity contribution in [2.45, 2.75) is 31.8 Å². The Morgan fingerprint density at radius 2 is 2.18 bits per heavy atom. The highest BCUT2D eigenvalue weighted by Gasteiger charge is 2.52. The Labute approximate surface area is 130 Å². The summed E-state index contributed by atoms with van der Waals surface area (Å²) < 4.78 is 0. The molecule has 0 saturated carbocycles. The third-order valence-electron chi connectivity index (χ3n) is 6.17. The lowest BCUT2D eigenvalue weighted by Crippen LogP contribution is -2.60. The number of hydrogen-bond acceptors (Lipinski definition) is 2. The van der Waals surface area contributed by atoms with Gasteiger partial charge in [-0.25, -0.2) is 0 Å². The van der Waals surface area contributed by atoms with Crippen LogP contribution in [0.5, 0.6) is 0 Å². The van der Waals surface area contributed by atoms with Crippen LogP contribution in [0.3, 0.4) is 0 Å². The molecule has 22 heavy (non-hydrogen) atoms. The average molecular weight is 292 g/mol. The van der Waals surface area contributed by atoms with Crippen molar-refractivity contribution < 1.29 is 4.79 Å². The van der Waals surface area contributed by atoms with E-state index in [0.717, 1.165) is 19.4 Å². The van der Waals surface area contributed by atoms with E-state index in [2.05, 4.69) is 47.1 Å². The predicted molar refractivity (Wildman–Crippen MR) is 86.7 cm³/mol. The van der Waals surface area contributed by atoms with E-state index in [1.165, 1.54) is 34.0 Å². The first-order valence-corrected chi connectivity index (χ1v) is 8.27. The number of piperidine rings is 3. The van der Waals surface area contributed by atoms with Crippen LogP contribution in [0.15, 0.2) is 35.9 Å². The van der Waals surface area contributed by atoms with E-state index in [-0.39, 0.29) is 5.92 Å². The standard InChI is InChI=1S/C19H20N2O/c1-2-11-9-21-17-8-14-12-5-3-4-6-16(12)20-19(14)18(21)7-13(11)15(17)10-22/h2-6,10,13,15,17-18,20H,7-9H2,1H3/b11-2+/t13-,15+,17-,18-/m0/s1. The summed E-state index contributed by atoms with van der Waals surface area (Å²) in [4.78, 5) is 18.0. The number of hydrogen-bond donors (Lipinski definition) is 1. The van der Waals surface area contributed by atoms with Gasteiger partial charge >= 0.3 is 0 Å². The first-order chi connectivity index (χ1) is 10.8. The molecule has 4 aliphatic rings. The summed E-state index contributed by atoms with van der Waals surface area (Å²) in [5, 5.41) is 1.35. The molecule has 5 atom stereocenters. The van der Waals surface area contributed by atoms with Crippen molar-refractivity contribution in [3.05, 3.63) is 47.2 Å². The first-order valence-electron chi connectivity index (χ1n) is 8.27. The van der Waals surface area contributed by atoms with Crippen molar-refractivity contribution in [3.63, 3.8) is 0 Å². The fourth-order valence-corrected chi connectivity index (χ4v) is 5.17. The number of H-pyrrole nitrogens is 1. The maximum Gasteiger partial charge on any atom is 0.125 e. The molecule has 1 aromatic carbocycles. The van der Waals surface area contributed by atoms with Gasteiger partial charge in [0, 0.05) is 35.1 Å². The summed E-state index contributed by atoms with van der Waals surface area (Å²) in [6.07, 6.45) is 5.54. The topological polar surface area (TPSA) is 36.1 Å². The molecule has 112 valence electrons. The Kier molecular flexibility index (Phi) is 2.49. The Morgan fingerprint density at radius 1 is 1.32 bits per heavy atom. The number of allylic oxidation sites excluding steroid dienone is 1. The van der Waals surface area contributed by atoms with Crippen LogP contribution in [0.2, 0.25) is 0 Å². The van der Waals surface area contributed by atoms with Crippen molar-refractivity contribution in [1.82, 2.24) is 9.88 Å². The molecule has 6 rings (SSSR count). The molecule has 3 heteroatoms. The second kappa shape index (κ2) is 4.32. The molecule has 1 aromatic heterocycles. The molecular formula is C19H20N2O. The van der Waals surface area contributed by atoms with Gasteiger partial charge in [-0.15, -0.1) is 0 Å². The zero-order valence-electron chi connectivity index (χ0n) is 12.8. The zero-order valence-corrected chi connectivity index (χ0v) is 12.8. The van der Waals surface area contributed by atoms with Crippen LogP contribution >= 0.6 is 0 Å². The van der Waals surface area contributed by atoms with E-state index >= 15 is 0 Å². The summed E-state index contributed by atoms with van der Waals surface area (Å²) in [5.41, 5.74) is 5.56. The zero-order chi connectivity index (χ0) is 14.8. The maximum absolute atomic E-state index is 11.8. The molecule has 4 bridgehead atoms. The number of carbonyl (C=O) groups is 1. The summed E-state index contributed by atoms with van der Waals surface area (Å²) in [6.45, 7) is 3.15. The number of aromatic nitrogens is 1. The third-order valence-corrected chi connectivity index (χ3v) is 6.17. The molecule has 4 aliphatic heterocycles. The number of aromatic amines is 1. The molecule has 2 aromatic rings. The highest BCUT2D eigenvalue weighted by molar-refractivity contribution is 5.85. The Morgan fingerprint density at radius 3 is 3.00 bits per heavy atom. The van der Waals surface area contributed by atoms with E-state index in [1.807, 2.05) is 0 Å². The number of aldehydes is 1. The summed E-state index contributed by atoms with van der Waals surface area (Å²) in [5.74, 6) is 0.611. The Bertz CT molecular complexity index is 803. The van der Waals surface area contributed by atoms with Crippen molar-refractivity contribution >= 4 is 17.2 Å². The van der Waals surface area contributed by atoms with Crippen molar-refractivity contribution in [2.75, 3.05) is 6.54 Å². The van der Waals surface area contributed by atoms with Crippen LogP contribution in [0, 0.1) is 11.8 Å². The van der Waals surface area contributed by atoms with Crippen molar-refractivity contribution in [3.8, 4) is 0 Å². The van der Waals surface area contributed by atoms with E-state index in [0.29, 0.717) is 18.0 Å². The third kappa shape index (κ3) is 1.42. The SMILES string of the molecule is C/C=C1\CN2[C@H]3C[C@@H]1[C@@H](C=O)[C@@H]2Cc1c3[nH]c2ccccc12. The molecule has 5 heterocycles. The largest absolute Gasteiger partial charge is 0.357 e. The van der Waals surface area contributed by atoms with Crippen LogP contribution in [-0.2, 0) is 11.2 Å². The highest BCUT2D eigenvalue weighted by atomic mass is 16.1. The number of nitrogens with zero attached hydrogens (tertiary/aromatic N) is 1. The number of nitrogens with one attached hydrogen (secondary N) is 1. The second-order valence-corrected chi connectivity index (χ2v) is 6.94. The van der Waals surface area contributed by atoms with Crippen LogP contribution < -0.4 is 0 Å². The minimum absolute atomic E-state index is 0.165.